The Kier molecular flexibility index (Phi) is 3.64. The van der Waals surface area contributed by atoms with Gasteiger partial charge in [-0.3, -0.25) is 0 Å². The number of methoxy groups -OCH3 is 1. The molecule has 0 aromatic carbocycles. The Hall–Kier alpha value is -1.45. The van der Waals surface area contributed by atoms with Gasteiger partial charge in [0, 0.05) is 25.7 Å². The Morgan fingerprint density at radius 3 is 2.78 bits per heavy atom. The van der Waals surface area contributed by atoms with E-state index in [-0.39, 0.29) is 0 Å². The third-order valence-electron chi connectivity index (χ3n) is 3.28. The molecule has 98 valence electrons. The number of ether oxygens (including phenoxy) is 1. The fourth-order valence-electron chi connectivity index (χ4n) is 2.33. The van der Waals surface area contributed by atoms with Crippen molar-refractivity contribution in [1.29, 1.82) is 5.26 Å². The van der Waals surface area contributed by atoms with Gasteiger partial charge >= 0.3 is 0 Å². The molecule has 1 atom stereocenters. The monoisotopic (exact) mass is 266 g/mol. The summed E-state index contributed by atoms with van der Waals surface area (Å²) in [6.07, 6.45) is 0. The summed E-state index contributed by atoms with van der Waals surface area (Å²) >= 11 is 1.42. The lowest BCUT2D eigenvalue weighted by Gasteiger charge is -2.39. The topological polar surface area (TPSA) is 65.5 Å². The van der Waals surface area contributed by atoms with Crippen molar-refractivity contribution >= 4 is 22.0 Å². The van der Waals surface area contributed by atoms with Gasteiger partial charge in [-0.2, -0.15) is 5.26 Å². The maximum atomic E-state index is 9.06. The zero-order valence-corrected chi connectivity index (χ0v) is 11.8. The maximum Gasteiger partial charge on any atom is 0.177 e. The summed E-state index contributed by atoms with van der Waals surface area (Å²) in [7, 11) is 3.72. The van der Waals surface area contributed by atoms with Crippen molar-refractivity contribution in [2.45, 2.75) is 13.0 Å². The summed E-state index contributed by atoms with van der Waals surface area (Å²) in [5.74, 6) is 0.646. The zero-order chi connectivity index (χ0) is 13.3. The summed E-state index contributed by atoms with van der Waals surface area (Å²) in [6, 6.07) is 2.52. The molecular weight excluding hydrogens is 248 g/mol. The van der Waals surface area contributed by atoms with Gasteiger partial charge in [-0.05, 0) is 14.0 Å². The molecule has 2 rings (SSSR count). The number of nitrogens with two attached hydrogens (primary N) is 1. The molecule has 1 aromatic heterocycles. The fourth-order valence-corrected chi connectivity index (χ4v) is 3.44. The minimum atomic E-state index is 0.391. The van der Waals surface area contributed by atoms with Crippen molar-refractivity contribution in [2.75, 3.05) is 44.4 Å². The zero-order valence-electron chi connectivity index (χ0n) is 10.9. The molecule has 2 heterocycles. The third kappa shape index (κ3) is 2.11. The van der Waals surface area contributed by atoms with Crippen molar-refractivity contribution in [3.63, 3.8) is 0 Å². The van der Waals surface area contributed by atoms with Gasteiger partial charge in [0.1, 0.15) is 21.6 Å². The molecule has 0 bridgehead atoms. The highest BCUT2D eigenvalue weighted by Gasteiger charge is 2.28. The third-order valence-corrected chi connectivity index (χ3v) is 4.41. The average Bonchev–Trinajstić information content (AvgIpc) is 2.65. The van der Waals surface area contributed by atoms with Gasteiger partial charge in [0.05, 0.1) is 7.11 Å². The van der Waals surface area contributed by atoms with E-state index < -0.39 is 0 Å². The van der Waals surface area contributed by atoms with E-state index in [1.807, 2.05) is 0 Å². The number of thiophene rings is 1. The first kappa shape index (κ1) is 13.0. The van der Waals surface area contributed by atoms with E-state index in [9.17, 15) is 0 Å². The molecule has 2 N–H and O–H groups in total. The highest BCUT2D eigenvalue weighted by Crippen LogP contribution is 2.45. The van der Waals surface area contributed by atoms with Crippen LogP contribution in [0.15, 0.2) is 0 Å². The molecular formula is C12H18N4OS. The van der Waals surface area contributed by atoms with Crippen LogP contribution in [0.1, 0.15) is 11.8 Å². The van der Waals surface area contributed by atoms with Crippen LogP contribution in [0, 0.1) is 11.3 Å². The molecule has 0 saturated carbocycles. The van der Waals surface area contributed by atoms with Crippen molar-refractivity contribution in [1.82, 2.24) is 4.90 Å². The Balaban J connectivity index is 2.36. The molecule has 1 aromatic rings. The van der Waals surface area contributed by atoms with Gasteiger partial charge in [0.25, 0.3) is 0 Å². The number of anilines is 2. The Labute approximate surface area is 111 Å². The molecule has 1 aliphatic heterocycles. The number of nitrogens with zero attached hydrogens (tertiary/aromatic N) is 3. The van der Waals surface area contributed by atoms with Gasteiger partial charge in [-0.25, -0.2) is 0 Å². The fraction of sp³-hybridized carbons (Fsp3) is 0.583. The first-order valence-electron chi connectivity index (χ1n) is 5.90. The Bertz CT molecular complexity index is 479. The van der Waals surface area contributed by atoms with Crippen molar-refractivity contribution in [3.05, 3.63) is 4.88 Å². The van der Waals surface area contributed by atoms with Gasteiger partial charge in [0.15, 0.2) is 5.75 Å². The molecule has 1 unspecified atom stereocenters. The van der Waals surface area contributed by atoms with Gasteiger partial charge in [-0.1, -0.05) is 0 Å². The van der Waals surface area contributed by atoms with Crippen LogP contribution in [-0.4, -0.2) is 44.7 Å². The maximum absolute atomic E-state index is 9.06. The minimum Gasteiger partial charge on any atom is -0.492 e. The number of rotatable bonds is 2. The first-order valence-corrected chi connectivity index (χ1v) is 6.71. The van der Waals surface area contributed by atoms with Crippen LogP contribution in [0.5, 0.6) is 5.75 Å². The molecule has 0 spiro atoms. The predicted octanol–water partition coefficient (Wildman–Crippen LogP) is 1.35. The number of hydrogen-bond acceptors (Lipinski definition) is 6. The summed E-state index contributed by atoms with van der Waals surface area (Å²) in [5, 5.41) is 10.0. The van der Waals surface area contributed by atoms with E-state index in [2.05, 4.69) is 29.8 Å². The van der Waals surface area contributed by atoms with E-state index in [0.29, 0.717) is 22.4 Å². The van der Waals surface area contributed by atoms with Crippen molar-refractivity contribution in [3.8, 4) is 11.8 Å². The van der Waals surface area contributed by atoms with Gasteiger partial charge in [-0.15, -0.1) is 11.3 Å². The lowest BCUT2D eigenvalue weighted by molar-refractivity contribution is 0.275. The molecule has 0 amide bonds. The second kappa shape index (κ2) is 5.04. The second-order valence-corrected chi connectivity index (χ2v) is 5.60. The van der Waals surface area contributed by atoms with Crippen LogP contribution < -0.4 is 15.4 Å². The minimum absolute atomic E-state index is 0.391. The number of piperazine rings is 1. The number of nitrogen functional groups attached to an aromatic ring is 1. The molecule has 18 heavy (non-hydrogen) atoms. The Morgan fingerprint density at radius 2 is 2.22 bits per heavy atom. The quantitative estimate of drug-likeness (QED) is 0.875. The first-order chi connectivity index (χ1) is 8.58. The Morgan fingerprint density at radius 1 is 1.50 bits per heavy atom. The lowest BCUT2D eigenvalue weighted by Crippen LogP contribution is -2.50. The second-order valence-electron chi connectivity index (χ2n) is 4.60. The smallest absolute Gasteiger partial charge is 0.177 e. The summed E-state index contributed by atoms with van der Waals surface area (Å²) in [4.78, 5) is 5.12. The number of likely N-dealkylation sites (N-methyl/N-ethyl adjacent to an activating group) is 1. The predicted molar refractivity (Wildman–Crippen MR) is 74.3 cm³/mol. The van der Waals surface area contributed by atoms with E-state index in [1.54, 1.807) is 7.11 Å². The molecule has 6 heteroatoms. The molecule has 0 aliphatic carbocycles. The highest BCUT2D eigenvalue weighted by atomic mass is 32.1. The van der Waals surface area contributed by atoms with Crippen LogP contribution in [0.25, 0.3) is 0 Å². The standard InChI is InChI=1S/C12H18N4OS/c1-8-7-15(2)4-5-16(8)12-11(17-3)10(14)9(6-13)18-12/h8H,4-5,7,14H2,1-3H3. The summed E-state index contributed by atoms with van der Waals surface area (Å²) < 4.78 is 5.37. The number of nitriles is 1. The van der Waals surface area contributed by atoms with Gasteiger partial charge < -0.3 is 20.3 Å². The summed E-state index contributed by atoms with van der Waals surface area (Å²) in [6.45, 7) is 5.12. The molecule has 1 fully saturated rings. The molecule has 1 aliphatic rings. The molecule has 0 radical (unpaired) electrons. The van der Waals surface area contributed by atoms with Crippen LogP contribution >= 0.6 is 11.3 Å². The average molecular weight is 266 g/mol. The van der Waals surface area contributed by atoms with Crippen LogP contribution in [0.2, 0.25) is 0 Å². The number of hydrogen-bond donors (Lipinski definition) is 1. The molecule has 1 saturated heterocycles. The lowest BCUT2D eigenvalue weighted by atomic mass is 10.2. The van der Waals surface area contributed by atoms with Crippen LogP contribution in [0.3, 0.4) is 0 Å². The van der Waals surface area contributed by atoms with Crippen LogP contribution in [-0.2, 0) is 0 Å². The van der Waals surface area contributed by atoms with E-state index >= 15 is 0 Å². The van der Waals surface area contributed by atoms with Crippen molar-refractivity contribution in [2.24, 2.45) is 0 Å². The van der Waals surface area contributed by atoms with E-state index in [4.69, 9.17) is 15.7 Å². The normalized spacial score (nSPS) is 20.8. The highest BCUT2D eigenvalue weighted by molar-refractivity contribution is 7.17. The molecule has 5 nitrogen and oxygen atoms in total. The van der Waals surface area contributed by atoms with Crippen LogP contribution in [0.4, 0.5) is 10.7 Å². The van der Waals surface area contributed by atoms with Crippen molar-refractivity contribution < 1.29 is 4.74 Å². The largest absolute Gasteiger partial charge is 0.492 e. The SMILES string of the molecule is COc1c(N2CCN(C)CC2C)sc(C#N)c1N. The van der Waals surface area contributed by atoms with E-state index in [0.717, 1.165) is 24.6 Å². The van der Waals surface area contributed by atoms with E-state index in [1.165, 1.54) is 11.3 Å². The van der Waals surface area contributed by atoms with Gasteiger partial charge in [0.2, 0.25) is 0 Å². The summed E-state index contributed by atoms with van der Waals surface area (Å²) in [5.41, 5.74) is 6.39.